The van der Waals surface area contributed by atoms with Gasteiger partial charge in [0.2, 0.25) is 0 Å². The lowest BCUT2D eigenvalue weighted by molar-refractivity contribution is 1.15. The molecule has 0 bridgehead atoms. The molecule has 0 saturated carbocycles. The maximum atomic E-state index is 3.90. The zero-order valence-electron chi connectivity index (χ0n) is 9.72. The van der Waals surface area contributed by atoms with Crippen molar-refractivity contribution in [3.8, 4) is 0 Å². The molecular weight excluding hydrogens is 187 g/mol. The van der Waals surface area contributed by atoms with E-state index >= 15 is 0 Å². The summed E-state index contributed by atoms with van der Waals surface area (Å²) in [6.45, 7) is 12.1. The predicted molar refractivity (Wildman–Crippen MR) is 70.4 cm³/mol. The van der Waals surface area contributed by atoms with E-state index in [0.29, 0.717) is 0 Å². The highest BCUT2D eigenvalue weighted by atomic mass is 31.0. The maximum absolute atomic E-state index is 3.90. The molecule has 0 aliphatic carbocycles. The fourth-order valence-corrected chi connectivity index (χ4v) is 1.82. The van der Waals surface area contributed by atoms with Crippen LogP contribution in [-0.4, -0.2) is 0 Å². The Bertz CT molecular complexity index is 280. The molecule has 1 aromatic carbocycles. The number of hydrogen-bond acceptors (Lipinski definition) is 0. The first kappa shape index (κ1) is 13.4. The van der Waals surface area contributed by atoms with Crippen molar-refractivity contribution in [2.45, 2.75) is 34.1 Å². The van der Waals surface area contributed by atoms with Crippen LogP contribution in [0.3, 0.4) is 0 Å². The molecule has 0 aliphatic rings. The average Bonchev–Trinajstić information content (AvgIpc) is 2.04. The van der Waals surface area contributed by atoms with Crippen LogP contribution in [0.5, 0.6) is 0 Å². The molecule has 1 atom stereocenters. The first-order valence-electron chi connectivity index (χ1n) is 5.08. The molecule has 0 aromatic heterocycles. The lowest BCUT2D eigenvalue weighted by atomic mass is 10.1. The quantitative estimate of drug-likeness (QED) is 0.514. The monoisotopic (exact) mass is 208 g/mol. The first-order chi connectivity index (χ1) is 6.58. The van der Waals surface area contributed by atoms with Crippen LogP contribution in [0.1, 0.15) is 31.9 Å². The van der Waals surface area contributed by atoms with Gasteiger partial charge >= 0.3 is 0 Å². The summed E-state index contributed by atoms with van der Waals surface area (Å²) in [5, 5.41) is 1.26. The number of benzene rings is 1. The largest absolute Gasteiger partial charge is 0.106 e. The lowest BCUT2D eigenvalue weighted by Gasteiger charge is -2.03. The third-order valence-corrected chi connectivity index (χ3v) is 2.00. The number of rotatable bonds is 2. The van der Waals surface area contributed by atoms with Crippen molar-refractivity contribution >= 4 is 14.5 Å². The van der Waals surface area contributed by atoms with E-state index in [1.54, 1.807) is 0 Å². The molecule has 0 N–H and O–H groups in total. The molecule has 1 unspecified atom stereocenters. The minimum absolute atomic E-state index is 0.989. The van der Waals surface area contributed by atoms with Gasteiger partial charge in [-0.3, -0.25) is 0 Å². The van der Waals surface area contributed by atoms with Gasteiger partial charge in [-0.1, -0.05) is 49.8 Å². The molecule has 78 valence electrons. The van der Waals surface area contributed by atoms with E-state index in [1.165, 1.54) is 22.0 Å². The topological polar surface area (TPSA) is 0 Å². The van der Waals surface area contributed by atoms with E-state index in [4.69, 9.17) is 0 Å². The number of aryl methyl sites for hydroxylation is 1. The highest BCUT2D eigenvalue weighted by molar-refractivity contribution is 7.27. The van der Waals surface area contributed by atoms with Crippen LogP contribution in [0.2, 0.25) is 0 Å². The summed E-state index contributed by atoms with van der Waals surface area (Å²) in [5.41, 5.74) is 3.89. The lowest BCUT2D eigenvalue weighted by Crippen LogP contribution is -1.96. The van der Waals surface area contributed by atoms with Gasteiger partial charge < -0.3 is 0 Å². The van der Waals surface area contributed by atoms with Gasteiger partial charge in [0.15, 0.2) is 0 Å². The fourth-order valence-electron chi connectivity index (χ4n) is 1.34. The van der Waals surface area contributed by atoms with Crippen LogP contribution < -0.4 is 5.30 Å². The average molecular weight is 208 g/mol. The molecular formula is C13H21P. The Morgan fingerprint density at radius 1 is 1.29 bits per heavy atom. The van der Waals surface area contributed by atoms with Gasteiger partial charge in [-0.05, 0) is 31.1 Å². The summed E-state index contributed by atoms with van der Waals surface area (Å²) in [6, 6.07) is 6.56. The van der Waals surface area contributed by atoms with Crippen molar-refractivity contribution in [2.24, 2.45) is 0 Å². The summed E-state index contributed by atoms with van der Waals surface area (Å²) in [7, 11) is 2.73. The SMILES string of the molecule is C=C(C)Cc1cc(C)cc(P)c1.CC. The van der Waals surface area contributed by atoms with Crippen molar-refractivity contribution in [2.75, 3.05) is 0 Å². The smallest absolute Gasteiger partial charge is 0.00722 e. The molecule has 0 heterocycles. The zero-order valence-corrected chi connectivity index (χ0v) is 10.9. The van der Waals surface area contributed by atoms with E-state index in [9.17, 15) is 0 Å². The van der Waals surface area contributed by atoms with Crippen LogP contribution in [0.25, 0.3) is 0 Å². The van der Waals surface area contributed by atoms with E-state index in [2.05, 4.69) is 47.9 Å². The van der Waals surface area contributed by atoms with Crippen LogP contribution in [-0.2, 0) is 6.42 Å². The Morgan fingerprint density at radius 3 is 2.29 bits per heavy atom. The molecule has 0 fully saturated rings. The van der Waals surface area contributed by atoms with Crippen LogP contribution in [0.4, 0.5) is 0 Å². The highest BCUT2D eigenvalue weighted by Crippen LogP contribution is 2.08. The second-order valence-corrected chi connectivity index (χ2v) is 4.05. The Balaban J connectivity index is 0.000000791. The van der Waals surface area contributed by atoms with Crippen molar-refractivity contribution in [3.63, 3.8) is 0 Å². The molecule has 1 rings (SSSR count). The molecule has 14 heavy (non-hydrogen) atoms. The third kappa shape index (κ3) is 5.19. The Hall–Kier alpha value is -0.610. The van der Waals surface area contributed by atoms with Crippen LogP contribution in [0, 0.1) is 6.92 Å². The molecule has 0 nitrogen and oxygen atoms in total. The molecule has 0 radical (unpaired) electrons. The van der Waals surface area contributed by atoms with Crippen molar-refractivity contribution < 1.29 is 0 Å². The number of hydrogen-bond donors (Lipinski definition) is 0. The summed E-state index contributed by atoms with van der Waals surface area (Å²) in [6.07, 6.45) is 0.989. The zero-order chi connectivity index (χ0) is 11.1. The highest BCUT2D eigenvalue weighted by Gasteiger charge is 1.95. The minimum atomic E-state index is 0.989. The Kier molecular flexibility index (Phi) is 6.49. The van der Waals surface area contributed by atoms with Crippen LogP contribution in [0.15, 0.2) is 30.4 Å². The summed E-state index contributed by atoms with van der Waals surface area (Å²) in [5.74, 6) is 0. The molecule has 0 aliphatic heterocycles. The Morgan fingerprint density at radius 2 is 1.86 bits per heavy atom. The standard InChI is InChI=1S/C11H15P.C2H6/c1-8(2)4-10-5-9(3)6-11(12)7-10;1-2/h5-7H,1,4,12H2,2-3H3;1-2H3. The number of allylic oxidation sites excluding steroid dienone is 1. The normalized spacial score (nSPS) is 8.93. The fraction of sp³-hybridized carbons (Fsp3) is 0.385. The maximum Gasteiger partial charge on any atom is -0.00722 e. The third-order valence-electron chi connectivity index (χ3n) is 1.67. The first-order valence-corrected chi connectivity index (χ1v) is 5.66. The second-order valence-electron chi connectivity index (χ2n) is 3.39. The van der Waals surface area contributed by atoms with Crippen molar-refractivity contribution in [1.82, 2.24) is 0 Å². The van der Waals surface area contributed by atoms with Gasteiger partial charge in [0, 0.05) is 0 Å². The summed E-state index contributed by atoms with van der Waals surface area (Å²) in [4.78, 5) is 0. The molecule has 0 amide bonds. The van der Waals surface area contributed by atoms with Gasteiger partial charge in [-0.2, -0.15) is 0 Å². The Labute approximate surface area is 90.6 Å². The van der Waals surface area contributed by atoms with E-state index < -0.39 is 0 Å². The van der Waals surface area contributed by atoms with E-state index in [0.717, 1.165) is 6.42 Å². The van der Waals surface area contributed by atoms with Crippen molar-refractivity contribution in [3.05, 3.63) is 41.5 Å². The van der Waals surface area contributed by atoms with Gasteiger partial charge in [0.05, 0.1) is 0 Å². The molecule has 0 saturated heterocycles. The van der Waals surface area contributed by atoms with Crippen molar-refractivity contribution in [1.29, 1.82) is 0 Å². The van der Waals surface area contributed by atoms with Gasteiger partial charge in [-0.15, -0.1) is 9.24 Å². The van der Waals surface area contributed by atoms with Gasteiger partial charge in [0.1, 0.15) is 0 Å². The van der Waals surface area contributed by atoms with Gasteiger partial charge in [0.25, 0.3) is 0 Å². The summed E-state index contributed by atoms with van der Waals surface area (Å²) < 4.78 is 0. The minimum Gasteiger partial charge on any atom is -0.106 e. The molecule has 1 heteroatoms. The van der Waals surface area contributed by atoms with E-state index in [1.807, 2.05) is 13.8 Å². The predicted octanol–water partition coefficient (Wildman–Crippen LogP) is 3.64. The molecule has 1 aromatic rings. The summed E-state index contributed by atoms with van der Waals surface area (Å²) >= 11 is 0. The second kappa shape index (κ2) is 6.79. The molecule has 0 spiro atoms. The van der Waals surface area contributed by atoms with Gasteiger partial charge in [-0.25, -0.2) is 0 Å². The van der Waals surface area contributed by atoms with Crippen LogP contribution >= 0.6 is 9.24 Å². The van der Waals surface area contributed by atoms with E-state index in [-0.39, 0.29) is 0 Å².